The van der Waals surface area contributed by atoms with E-state index < -0.39 is 5.97 Å². The Kier molecular flexibility index (Phi) is 4.51. The maximum absolute atomic E-state index is 12.5. The molecule has 1 saturated carbocycles. The van der Waals surface area contributed by atoms with Crippen LogP contribution >= 0.6 is 15.9 Å². The maximum Gasteiger partial charge on any atom is 0.323 e. The Morgan fingerprint density at radius 3 is 2.83 bits per heavy atom. The standard InChI is InChI=1S/C15H16BrN3O4/c16-11-5-17-19(7-11)8-12-3-4-13(23-12)15(22)18(9-14(20)21)6-10-1-2-10/h3-5,7,10H,1-2,6,8-9H2,(H,20,21). The van der Waals surface area contributed by atoms with Gasteiger partial charge in [-0.25, -0.2) is 0 Å². The number of carbonyl (C=O) groups is 2. The third-order valence-electron chi connectivity index (χ3n) is 3.58. The Morgan fingerprint density at radius 1 is 1.43 bits per heavy atom. The number of hydrogen-bond acceptors (Lipinski definition) is 4. The van der Waals surface area contributed by atoms with E-state index >= 15 is 0 Å². The third-order valence-corrected chi connectivity index (χ3v) is 3.99. The number of carbonyl (C=O) groups excluding carboxylic acids is 1. The second-order valence-electron chi connectivity index (χ2n) is 5.64. The van der Waals surface area contributed by atoms with Gasteiger partial charge in [-0.15, -0.1) is 0 Å². The first-order valence-electron chi connectivity index (χ1n) is 7.29. The Bertz CT molecular complexity index is 720. The van der Waals surface area contributed by atoms with Crippen LogP contribution < -0.4 is 0 Å². The molecule has 0 saturated heterocycles. The minimum Gasteiger partial charge on any atom is -0.480 e. The first-order chi connectivity index (χ1) is 11.0. The summed E-state index contributed by atoms with van der Waals surface area (Å²) in [6, 6.07) is 3.29. The van der Waals surface area contributed by atoms with Crippen molar-refractivity contribution in [1.82, 2.24) is 14.7 Å². The Labute approximate surface area is 141 Å². The van der Waals surface area contributed by atoms with Crippen LogP contribution in [0.5, 0.6) is 0 Å². The summed E-state index contributed by atoms with van der Waals surface area (Å²) in [4.78, 5) is 24.7. The van der Waals surface area contributed by atoms with E-state index in [0.29, 0.717) is 24.8 Å². The number of carboxylic acids is 1. The number of furan rings is 1. The Balaban J connectivity index is 1.69. The predicted octanol–water partition coefficient (Wildman–Crippen LogP) is 2.22. The van der Waals surface area contributed by atoms with Crippen molar-refractivity contribution in [1.29, 1.82) is 0 Å². The molecule has 1 aliphatic carbocycles. The average Bonchev–Trinajstić information content (AvgIpc) is 3.02. The molecule has 0 bridgehead atoms. The van der Waals surface area contributed by atoms with E-state index in [4.69, 9.17) is 9.52 Å². The summed E-state index contributed by atoms with van der Waals surface area (Å²) in [5, 5.41) is 13.1. The van der Waals surface area contributed by atoms with Gasteiger partial charge in [0.2, 0.25) is 0 Å². The summed E-state index contributed by atoms with van der Waals surface area (Å²) in [5.41, 5.74) is 0. The summed E-state index contributed by atoms with van der Waals surface area (Å²) in [7, 11) is 0. The number of carboxylic acid groups (broad SMARTS) is 1. The molecule has 7 nitrogen and oxygen atoms in total. The molecule has 1 fully saturated rings. The van der Waals surface area contributed by atoms with Crippen molar-refractivity contribution in [2.75, 3.05) is 13.1 Å². The molecule has 0 spiro atoms. The van der Waals surface area contributed by atoms with E-state index in [0.717, 1.165) is 17.3 Å². The predicted molar refractivity (Wildman–Crippen MR) is 84.0 cm³/mol. The zero-order chi connectivity index (χ0) is 16.4. The lowest BCUT2D eigenvalue weighted by molar-refractivity contribution is -0.137. The fraction of sp³-hybridized carbons (Fsp3) is 0.400. The van der Waals surface area contributed by atoms with Gasteiger partial charge in [0.15, 0.2) is 5.76 Å². The van der Waals surface area contributed by atoms with Gasteiger partial charge in [-0.1, -0.05) is 0 Å². The molecule has 0 atom stereocenters. The van der Waals surface area contributed by atoms with Gasteiger partial charge in [-0.2, -0.15) is 5.10 Å². The van der Waals surface area contributed by atoms with E-state index in [1.54, 1.807) is 29.2 Å². The van der Waals surface area contributed by atoms with Crippen LogP contribution in [0.2, 0.25) is 0 Å². The van der Waals surface area contributed by atoms with Gasteiger partial charge in [0.05, 0.1) is 17.2 Å². The fourth-order valence-electron chi connectivity index (χ4n) is 2.31. The van der Waals surface area contributed by atoms with Crippen molar-refractivity contribution in [3.8, 4) is 0 Å². The second-order valence-corrected chi connectivity index (χ2v) is 6.56. The summed E-state index contributed by atoms with van der Waals surface area (Å²) < 4.78 is 8.10. The van der Waals surface area contributed by atoms with Crippen LogP contribution in [0.15, 0.2) is 33.4 Å². The summed E-state index contributed by atoms with van der Waals surface area (Å²) in [5.74, 6) is -0.243. The number of aromatic nitrogens is 2. The molecule has 0 unspecified atom stereocenters. The zero-order valence-corrected chi connectivity index (χ0v) is 13.9. The van der Waals surface area contributed by atoms with Crippen LogP contribution in [0, 0.1) is 5.92 Å². The largest absolute Gasteiger partial charge is 0.480 e. The highest BCUT2D eigenvalue weighted by Crippen LogP contribution is 2.30. The van der Waals surface area contributed by atoms with Crippen LogP contribution in [0.25, 0.3) is 0 Å². The third kappa shape index (κ3) is 4.22. The van der Waals surface area contributed by atoms with E-state index in [9.17, 15) is 9.59 Å². The number of amides is 1. The molecule has 3 rings (SSSR count). The summed E-state index contributed by atoms with van der Waals surface area (Å²) in [6.45, 7) is 0.561. The van der Waals surface area contributed by atoms with Crippen molar-refractivity contribution in [2.24, 2.45) is 5.92 Å². The van der Waals surface area contributed by atoms with Crippen molar-refractivity contribution in [3.05, 3.63) is 40.5 Å². The molecule has 2 heterocycles. The van der Waals surface area contributed by atoms with Gasteiger partial charge in [0, 0.05) is 12.7 Å². The highest BCUT2D eigenvalue weighted by molar-refractivity contribution is 9.10. The molecule has 0 aromatic carbocycles. The molecule has 2 aromatic heterocycles. The minimum atomic E-state index is -1.02. The quantitative estimate of drug-likeness (QED) is 0.794. The SMILES string of the molecule is O=C(O)CN(CC1CC1)C(=O)c1ccc(Cn2cc(Br)cn2)o1. The van der Waals surface area contributed by atoms with Gasteiger partial charge >= 0.3 is 5.97 Å². The van der Waals surface area contributed by atoms with Crippen LogP contribution in [-0.2, 0) is 11.3 Å². The normalized spacial score (nSPS) is 14.0. The zero-order valence-electron chi connectivity index (χ0n) is 12.3. The molecule has 122 valence electrons. The maximum atomic E-state index is 12.5. The first-order valence-corrected chi connectivity index (χ1v) is 8.08. The molecule has 1 N–H and O–H groups in total. The summed E-state index contributed by atoms with van der Waals surface area (Å²) in [6.07, 6.45) is 5.55. The van der Waals surface area contributed by atoms with E-state index in [1.807, 2.05) is 0 Å². The lowest BCUT2D eigenvalue weighted by atomic mass is 10.3. The average molecular weight is 382 g/mol. The highest BCUT2D eigenvalue weighted by Gasteiger charge is 2.29. The van der Waals surface area contributed by atoms with Crippen LogP contribution in [0.1, 0.15) is 29.2 Å². The molecule has 1 aliphatic rings. The van der Waals surface area contributed by atoms with Gasteiger partial charge < -0.3 is 14.4 Å². The molecule has 8 heteroatoms. The lowest BCUT2D eigenvalue weighted by Gasteiger charge is -2.19. The van der Waals surface area contributed by atoms with E-state index in [1.165, 1.54) is 4.90 Å². The number of aliphatic carboxylic acids is 1. The lowest BCUT2D eigenvalue weighted by Crippen LogP contribution is -2.37. The minimum absolute atomic E-state index is 0.160. The number of nitrogens with zero attached hydrogens (tertiary/aromatic N) is 3. The Morgan fingerprint density at radius 2 is 2.22 bits per heavy atom. The van der Waals surface area contributed by atoms with Gasteiger partial charge in [-0.3, -0.25) is 14.3 Å². The van der Waals surface area contributed by atoms with Gasteiger partial charge in [0.1, 0.15) is 12.3 Å². The number of halogens is 1. The molecule has 0 aliphatic heterocycles. The number of hydrogen-bond donors (Lipinski definition) is 1. The molecule has 2 aromatic rings. The van der Waals surface area contributed by atoms with Crippen molar-refractivity contribution >= 4 is 27.8 Å². The molecule has 23 heavy (non-hydrogen) atoms. The smallest absolute Gasteiger partial charge is 0.323 e. The van der Waals surface area contributed by atoms with Crippen LogP contribution in [0.3, 0.4) is 0 Å². The van der Waals surface area contributed by atoms with Crippen molar-refractivity contribution in [3.63, 3.8) is 0 Å². The second kappa shape index (κ2) is 6.57. The number of rotatable bonds is 7. The van der Waals surface area contributed by atoms with E-state index in [-0.39, 0.29) is 18.2 Å². The molecule has 1 amide bonds. The van der Waals surface area contributed by atoms with E-state index in [2.05, 4.69) is 21.0 Å². The molecular formula is C15H16BrN3O4. The van der Waals surface area contributed by atoms with Gasteiger partial charge in [0.25, 0.3) is 5.91 Å². The molecule has 0 radical (unpaired) electrons. The van der Waals surface area contributed by atoms with Crippen LogP contribution in [-0.4, -0.2) is 44.8 Å². The summed E-state index contributed by atoms with van der Waals surface area (Å²) >= 11 is 3.31. The van der Waals surface area contributed by atoms with Crippen molar-refractivity contribution in [2.45, 2.75) is 19.4 Å². The highest BCUT2D eigenvalue weighted by atomic mass is 79.9. The Hall–Kier alpha value is -2.09. The fourth-order valence-corrected chi connectivity index (χ4v) is 2.64. The van der Waals surface area contributed by atoms with Gasteiger partial charge in [-0.05, 0) is 46.8 Å². The molecular weight excluding hydrogens is 366 g/mol. The first kappa shape index (κ1) is 15.8. The van der Waals surface area contributed by atoms with Crippen molar-refractivity contribution < 1.29 is 19.1 Å². The van der Waals surface area contributed by atoms with Crippen LogP contribution in [0.4, 0.5) is 0 Å². The monoisotopic (exact) mass is 381 g/mol. The topological polar surface area (TPSA) is 88.6 Å².